The van der Waals surface area contributed by atoms with E-state index in [1.807, 2.05) is 12.1 Å². The second-order valence-electron chi connectivity index (χ2n) is 4.46. The SMILES string of the molecule is [CH2]COC1Cc2cc(Cl)ccc2Sc2ccccc21. The van der Waals surface area contributed by atoms with Crippen LogP contribution >= 0.6 is 23.4 Å². The lowest BCUT2D eigenvalue weighted by Gasteiger charge is -2.17. The molecule has 0 aromatic heterocycles. The highest BCUT2D eigenvalue weighted by atomic mass is 35.5. The Morgan fingerprint density at radius 2 is 2.05 bits per heavy atom. The van der Waals surface area contributed by atoms with Gasteiger partial charge in [0.15, 0.2) is 0 Å². The molecule has 0 saturated heterocycles. The fraction of sp³-hybridized carbons (Fsp3) is 0.188. The molecular formula is C16H14ClOS. The molecule has 1 nitrogen and oxygen atoms in total. The lowest BCUT2D eigenvalue weighted by molar-refractivity contribution is 0.0714. The summed E-state index contributed by atoms with van der Waals surface area (Å²) < 4.78 is 5.82. The lowest BCUT2D eigenvalue weighted by atomic mass is 10.0. The minimum Gasteiger partial charge on any atom is -0.373 e. The summed E-state index contributed by atoms with van der Waals surface area (Å²) in [6, 6.07) is 14.5. The van der Waals surface area contributed by atoms with Gasteiger partial charge >= 0.3 is 0 Å². The molecule has 1 unspecified atom stereocenters. The maximum atomic E-state index is 6.10. The zero-order valence-electron chi connectivity index (χ0n) is 10.4. The number of rotatable bonds is 2. The summed E-state index contributed by atoms with van der Waals surface area (Å²) in [4.78, 5) is 2.51. The van der Waals surface area contributed by atoms with Gasteiger partial charge in [-0.15, -0.1) is 0 Å². The van der Waals surface area contributed by atoms with E-state index >= 15 is 0 Å². The number of hydrogen-bond acceptors (Lipinski definition) is 2. The topological polar surface area (TPSA) is 9.23 Å². The quantitative estimate of drug-likeness (QED) is 0.774. The highest BCUT2D eigenvalue weighted by Crippen LogP contribution is 2.42. The zero-order chi connectivity index (χ0) is 13.2. The van der Waals surface area contributed by atoms with E-state index in [0.717, 1.165) is 11.4 Å². The molecule has 97 valence electrons. The number of ether oxygens (including phenoxy) is 1. The van der Waals surface area contributed by atoms with Gasteiger partial charge in [0.1, 0.15) is 0 Å². The third-order valence-corrected chi connectivity index (χ3v) is 4.68. The number of hydrogen-bond donors (Lipinski definition) is 0. The van der Waals surface area contributed by atoms with Crippen molar-refractivity contribution in [1.82, 2.24) is 0 Å². The Bertz CT molecular complexity index is 597. The second-order valence-corrected chi connectivity index (χ2v) is 5.98. The average Bonchev–Trinajstić information content (AvgIpc) is 2.56. The molecule has 1 atom stereocenters. The van der Waals surface area contributed by atoms with Crippen LogP contribution in [0, 0.1) is 6.92 Å². The molecule has 1 aliphatic heterocycles. The van der Waals surface area contributed by atoms with Crippen molar-refractivity contribution in [3.8, 4) is 0 Å². The van der Waals surface area contributed by atoms with E-state index in [4.69, 9.17) is 16.3 Å². The molecule has 3 rings (SSSR count). The first-order valence-corrected chi connectivity index (χ1v) is 7.43. The minimum absolute atomic E-state index is 0.0564. The van der Waals surface area contributed by atoms with Crippen molar-refractivity contribution in [2.24, 2.45) is 0 Å². The second kappa shape index (κ2) is 5.58. The summed E-state index contributed by atoms with van der Waals surface area (Å²) in [6.07, 6.45) is 0.899. The van der Waals surface area contributed by atoms with E-state index in [0.29, 0.717) is 6.61 Å². The van der Waals surface area contributed by atoms with Crippen LogP contribution in [-0.4, -0.2) is 6.61 Å². The predicted octanol–water partition coefficient (Wildman–Crippen LogP) is 4.94. The third-order valence-electron chi connectivity index (χ3n) is 3.23. The van der Waals surface area contributed by atoms with Crippen molar-refractivity contribution in [2.45, 2.75) is 22.3 Å². The highest BCUT2D eigenvalue weighted by molar-refractivity contribution is 7.99. The summed E-state index contributed by atoms with van der Waals surface area (Å²) in [5.41, 5.74) is 2.48. The van der Waals surface area contributed by atoms with Gasteiger partial charge in [-0.05, 0) is 42.3 Å². The molecule has 0 aliphatic carbocycles. The Morgan fingerprint density at radius 1 is 1.21 bits per heavy atom. The Kier molecular flexibility index (Phi) is 3.83. The van der Waals surface area contributed by atoms with Gasteiger partial charge in [-0.25, -0.2) is 0 Å². The molecule has 19 heavy (non-hydrogen) atoms. The van der Waals surface area contributed by atoms with Gasteiger partial charge in [0.2, 0.25) is 0 Å². The normalized spacial score (nSPS) is 17.5. The number of benzene rings is 2. The summed E-state index contributed by atoms with van der Waals surface area (Å²) in [5, 5.41) is 0.777. The van der Waals surface area contributed by atoms with Crippen molar-refractivity contribution in [1.29, 1.82) is 0 Å². The maximum absolute atomic E-state index is 6.10. The molecule has 0 fully saturated rings. The van der Waals surface area contributed by atoms with Crippen LogP contribution in [0.15, 0.2) is 52.3 Å². The third kappa shape index (κ3) is 2.66. The van der Waals surface area contributed by atoms with Crippen molar-refractivity contribution >= 4 is 23.4 Å². The van der Waals surface area contributed by atoms with E-state index in [1.54, 1.807) is 11.8 Å². The summed E-state index contributed by atoms with van der Waals surface area (Å²) in [6.45, 7) is 4.27. The molecule has 3 heteroatoms. The molecule has 2 aromatic carbocycles. The Labute approximate surface area is 122 Å². The number of fused-ring (bicyclic) bond motifs is 2. The van der Waals surface area contributed by atoms with Crippen LogP contribution in [0.4, 0.5) is 0 Å². The van der Waals surface area contributed by atoms with Gasteiger partial charge in [0, 0.05) is 27.8 Å². The van der Waals surface area contributed by atoms with Crippen molar-refractivity contribution in [2.75, 3.05) is 6.61 Å². The Morgan fingerprint density at radius 3 is 2.89 bits per heavy atom. The molecule has 0 saturated carbocycles. The lowest BCUT2D eigenvalue weighted by Crippen LogP contribution is -2.07. The summed E-state index contributed by atoms with van der Waals surface area (Å²) >= 11 is 7.89. The van der Waals surface area contributed by atoms with Crippen LogP contribution in [-0.2, 0) is 11.2 Å². The van der Waals surface area contributed by atoms with Gasteiger partial charge in [-0.2, -0.15) is 0 Å². The van der Waals surface area contributed by atoms with Crippen LogP contribution in [0.3, 0.4) is 0 Å². The molecule has 1 heterocycles. The minimum atomic E-state index is 0.0564. The first-order valence-electron chi connectivity index (χ1n) is 6.24. The van der Waals surface area contributed by atoms with Crippen LogP contribution in [0.25, 0.3) is 0 Å². The molecule has 0 amide bonds. The molecule has 1 radical (unpaired) electrons. The smallest absolute Gasteiger partial charge is 0.0876 e. The largest absolute Gasteiger partial charge is 0.373 e. The molecule has 0 bridgehead atoms. The zero-order valence-corrected chi connectivity index (χ0v) is 12.0. The standard InChI is InChI=1S/C16H14ClOS/c1-2-18-14-10-11-9-12(17)7-8-15(11)19-16-6-4-3-5-13(14)16/h3-9,14H,1-2,10H2. The highest BCUT2D eigenvalue weighted by Gasteiger charge is 2.22. The van der Waals surface area contributed by atoms with E-state index in [1.165, 1.54) is 20.9 Å². The van der Waals surface area contributed by atoms with E-state index in [9.17, 15) is 0 Å². The van der Waals surface area contributed by atoms with Crippen LogP contribution in [0.5, 0.6) is 0 Å². The molecule has 2 aromatic rings. The fourth-order valence-corrected chi connectivity index (χ4v) is 3.67. The first kappa shape index (κ1) is 13.0. The van der Waals surface area contributed by atoms with Crippen LogP contribution in [0.1, 0.15) is 17.2 Å². The van der Waals surface area contributed by atoms with E-state index in [2.05, 4.69) is 37.3 Å². The first-order chi connectivity index (χ1) is 9.28. The Hall–Kier alpha value is -0.960. The van der Waals surface area contributed by atoms with Crippen molar-refractivity contribution < 1.29 is 4.74 Å². The predicted molar refractivity (Wildman–Crippen MR) is 79.8 cm³/mol. The van der Waals surface area contributed by atoms with Gasteiger partial charge in [0.25, 0.3) is 0 Å². The monoisotopic (exact) mass is 289 g/mol. The van der Waals surface area contributed by atoms with Crippen molar-refractivity contribution in [3.05, 3.63) is 65.5 Å². The molecule has 0 spiro atoms. The van der Waals surface area contributed by atoms with Gasteiger partial charge in [-0.3, -0.25) is 0 Å². The van der Waals surface area contributed by atoms with E-state index in [-0.39, 0.29) is 6.10 Å². The summed E-state index contributed by atoms with van der Waals surface area (Å²) in [7, 11) is 0. The van der Waals surface area contributed by atoms with Crippen LogP contribution < -0.4 is 0 Å². The Balaban J connectivity index is 2.09. The number of halogens is 1. The average molecular weight is 290 g/mol. The maximum Gasteiger partial charge on any atom is 0.0876 e. The van der Waals surface area contributed by atoms with Gasteiger partial charge in [-0.1, -0.05) is 41.6 Å². The fourth-order valence-electron chi connectivity index (χ4n) is 2.37. The van der Waals surface area contributed by atoms with Crippen LogP contribution in [0.2, 0.25) is 5.02 Å². The summed E-state index contributed by atoms with van der Waals surface area (Å²) in [5.74, 6) is 0. The van der Waals surface area contributed by atoms with Gasteiger partial charge in [0.05, 0.1) is 6.10 Å². The molecule has 1 aliphatic rings. The van der Waals surface area contributed by atoms with Gasteiger partial charge < -0.3 is 4.74 Å². The van der Waals surface area contributed by atoms with E-state index < -0.39 is 0 Å². The molecule has 0 N–H and O–H groups in total. The van der Waals surface area contributed by atoms with Crippen molar-refractivity contribution in [3.63, 3.8) is 0 Å². The molecular weight excluding hydrogens is 276 g/mol.